The third kappa shape index (κ3) is 3.60. The van der Waals surface area contributed by atoms with Gasteiger partial charge >= 0.3 is 0 Å². The quantitative estimate of drug-likeness (QED) is 0.631. The van der Waals surface area contributed by atoms with Crippen molar-refractivity contribution < 1.29 is 0 Å². The lowest BCUT2D eigenvalue weighted by Crippen LogP contribution is -1.94. The maximum atomic E-state index is 6.24. The van der Waals surface area contributed by atoms with Gasteiger partial charge in [0.05, 0.1) is 0 Å². The lowest BCUT2D eigenvalue weighted by atomic mass is 10.0. The zero-order valence-corrected chi connectivity index (χ0v) is 12.7. The van der Waals surface area contributed by atoms with Crippen LogP contribution in [0.4, 0.5) is 0 Å². The fraction of sp³-hybridized carbons (Fsp3) is 0.250. The van der Waals surface area contributed by atoms with E-state index in [-0.39, 0.29) is 0 Å². The molecule has 0 saturated heterocycles. The van der Waals surface area contributed by atoms with Gasteiger partial charge in [-0.05, 0) is 42.5 Å². The van der Waals surface area contributed by atoms with Gasteiger partial charge in [0.25, 0.3) is 0 Å². The van der Waals surface area contributed by atoms with Gasteiger partial charge in [-0.1, -0.05) is 70.0 Å². The SMILES string of the molecule is Cc1ccc(CCC(Br)c2ccccc2)c(Cl)c1. The number of hydrogen-bond donors (Lipinski definition) is 0. The first kappa shape index (κ1) is 13.6. The lowest BCUT2D eigenvalue weighted by Gasteiger charge is -2.11. The Morgan fingerprint density at radius 2 is 1.83 bits per heavy atom. The average molecular weight is 324 g/mol. The Kier molecular flexibility index (Phi) is 4.85. The van der Waals surface area contributed by atoms with Gasteiger partial charge in [0.1, 0.15) is 0 Å². The molecule has 1 unspecified atom stereocenters. The second-order valence-electron chi connectivity index (χ2n) is 4.51. The van der Waals surface area contributed by atoms with E-state index in [1.54, 1.807) is 0 Å². The molecule has 2 heteroatoms. The zero-order valence-electron chi connectivity index (χ0n) is 10.4. The van der Waals surface area contributed by atoms with Gasteiger partial charge < -0.3 is 0 Å². The van der Waals surface area contributed by atoms with Crippen molar-refractivity contribution in [3.05, 3.63) is 70.2 Å². The first-order valence-corrected chi connectivity index (χ1v) is 7.40. The van der Waals surface area contributed by atoms with Crippen molar-refractivity contribution in [2.24, 2.45) is 0 Å². The number of halogens is 2. The summed E-state index contributed by atoms with van der Waals surface area (Å²) in [6.45, 7) is 2.06. The van der Waals surface area contributed by atoms with E-state index in [0.717, 1.165) is 17.9 Å². The van der Waals surface area contributed by atoms with Crippen LogP contribution in [0.3, 0.4) is 0 Å². The van der Waals surface area contributed by atoms with Crippen molar-refractivity contribution in [3.63, 3.8) is 0 Å². The van der Waals surface area contributed by atoms with Crippen LogP contribution < -0.4 is 0 Å². The monoisotopic (exact) mass is 322 g/mol. The highest BCUT2D eigenvalue weighted by atomic mass is 79.9. The largest absolute Gasteiger partial charge is 0.0840 e. The maximum absolute atomic E-state index is 6.24. The van der Waals surface area contributed by atoms with Crippen LogP contribution in [0, 0.1) is 6.92 Å². The molecule has 2 rings (SSSR count). The van der Waals surface area contributed by atoms with Gasteiger partial charge in [-0.3, -0.25) is 0 Å². The molecular formula is C16H16BrCl. The van der Waals surface area contributed by atoms with Crippen LogP contribution in [0.5, 0.6) is 0 Å². The van der Waals surface area contributed by atoms with Gasteiger partial charge in [-0.2, -0.15) is 0 Å². The van der Waals surface area contributed by atoms with Crippen molar-refractivity contribution in [2.45, 2.75) is 24.6 Å². The molecule has 2 aromatic carbocycles. The second kappa shape index (κ2) is 6.40. The number of rotatable bonds is 4. The van der Waals surface area contributed by atoms with E-state index in [1.807, 2.05) is 12.1 Å². The van der Waals surface area contributed by atoms with Gasteiger partial charge in [0.2, 0.25) is 0 Å². The summed E-state index contributed by atoms with van der Waals surface area (Å²) in [6, 6.07) is 16.8. The zero-order chi connectivity index (χ0) is 13.0. The first-order chi connectivity index (χ1) is 8.66. The van der Waals surface area contributed by atoms with Gasteiger partial charge in [0.15, 0.2) is 0 Å². The Morgan fingerprint density at radius 1 is 1.11 bits per heavy atom. The normalized spacial score (nSPS) is 12.4. The summed E-state index contributed by atoms with van der Waals surface area (Å²) in [5.41, 5.74) is 3.76. The van der Waals surface area contributed by atoms with E-state index < -0.39 is 0 Å². The minimum Gasteiger partial charge on any atom is -0.0840 e. The molecule has 94 valence electrons. The molecule has 18 heavy (non-hydrogen) atoms. The highest BCUT2D eigenvalue weighted by Crippen LogP contribution is 2.29. The van der Waals surface area contributed by atoms with E-state index in [2.05, 4.69) is 59.3 Å². The molecule has 0 saturated carbocycles. The summed E-state index contributed by atoms with van der Waals surface area (Å²) >= 11 is 9.98. The summed E-state index contributed by atoms with van der Waals surface area (Å²) in [7, 11) is 0. The van der Waals surface area contributed by atoms with Crippen molar-refractivity contribution in [2.75, 3.05) is 0 Å². The van der Waals surface area contributed by atoms with E-state index in [9.17, 15) is 0 Å². The average Bonchev–Trinajstić information content (AvgIpc) is 2.38. The molecule has 0 aliphatic carbocycles. The highest BCUT2D eigenvalue weighted by molar-refractivity contribution is 9.09. The summed E-state index contributed by atoms with van der Waals surface area (Å²) in [6.07, 6.45) is 2.04. The first-order valence-electron chi connectivity index (χ1n) is 6.11. The van der Waals surface area contributed by atoms with E-state index in [4.69, 9.17) is 11.6 Å². The van der Waals surface area contributed by atoms with Gasteiger partial charge in [0, 0.05) is 9.85 Å². The minimum absolute atomic E-state index is 0.385. The fourth-order valence-corrected chi connectivity index (χ4v) is 2.83. The number of benzene rings is 2. The van der Waals surface area contributed by atoms with Crippen LogP contribution in [-0.2, 0) is 6.42 Å². The predicted octanol–water partition coefficient (Wildman–Crippen LogP) is 5.72. The van der Waals surface area contributed by atoms with Crippen LogP contribution in [-0.4, -0.2) is 0 Å². The van der Waals surface area contributed by atoms with Crippen molar-refractivity contribution in [1.82, 2.24) is 0 Å². The molecule has 2 aromatic rings. The Bertz CT molecular complexity index is 508. The third-order valence-corrected chi connectivity index (χ3v) is 4.38. The molecular weight excluding hydrogens is 308 g/mol. The Hall–Kier alpha value is -0.790. The number of alkyl halides is 1. The Balaban J connectivity index is 1.99. The molecule has 0 amide bonds. The summed E-state index contributed by atoms with van der Waals surface area (Å²) in [4.78, 5) is 0.385. The molecule has 1 atom stereocenters. The van der Waals surface area contributed by atoms with Crippen LogP contribution >= 0.6 is 27.5 Å². The maximum Gasteiger partial charge on any atom is 0.0440 e. The molecule has 0 spiro atoms. The number of aryl methyl sites for hydroxylation is 2. The second-order valence-corrected chi connectivity index (χ2v) is 6.02. The lowest BCUT2D eigenvalue weighted by molar-refractivity contribution is 0.813. The summed E-state index contributed by atoms with van der Waals surface area (Å²) < 4.78 is 0. The van der Waals surface area contributed by atoms with Crippen LogP contribution in [0.15, 0.2) is 48.5 Å². The summed E-state index contributed by atoms with van der Waals surface area (Å²) in [5.74, 6) is 0. The Labute approximate surface area is 122 Å². The van der Waals surface area contributed by atoms with Crippen molar-refractivity contribution in [3.8, 4) is 0 Å². The smallest absolute Gasteiger partial charge is 0.0440 e. The molecule has 0 aliphatic rings. The fourth-order valence-electron chi connectivity index (χ4n) is 1.97. The minimum atomic E-state index is 0.385. The van der Waals surface area contributed by atoms with E-state index >= 15 is 0 Å². The molecule has 0 bridgehead atoms. The van der Waals surface area contributed by atoms with Crippen LogP contribution in [0.2, 0.25) is 5.02 Å². The molecule has 0 aliphatic heterocycles. The molecule has 0 fully saturated rings. The Morgan fingerprint density at radius 3 is 2.50 bits per heavy atom. The van der Waals surface area contributed by atoms with E-state index in [1.165, 1.54) is 16.7 Å². The standard InChI is InChI=1S/C16H16BrCl/c1-12-7-8-14(16(18)11-12)9-10-15(17)13-5-3-2-4-6-13/h2-8,11,15H,9-10H2,1H3. The summed E-state index contributed by atoms with van der Waals surface area (Å²) in [5, 5.41) is 0.878. The van der Waals surface area contributed by atoms with Crippen molar-refractivity contribution in [1.29, 1.82) is 0 Å². The van der Waals surface area contributed by atoms with Crippen molar-refractivity contribution >= 4 is 27.5 Å². The van der Waals surface area contributed by atoms with E-state index in [0.29, 0.717) is 4.83 Å². The molecule has 0 radical (unpaired) electrons. The highest BCUT2D eigenvalue weighted by Gasteiger charge is 2.08. The van der Waals surface area contributed by atoms with Crippen LogP contribution in [0.25, 0.3) is 0 Å². The molecule has 0 aromatic heterocycles. The number of hydrogen-bond acceptors (Lipinski definition) is 0. The third-order valence-electron chi connectivity index (χ3n) is 3.04. The van der Waals surface area contributed by atoms with Gasteiger partial charge in [-0.25, -0.2) is 0 Å². The molecule has 0 nitrogen and oxygen atoms in total. The molecule has 0 heterocycles. The van der Waals surface area contributed by atoms with Gasteiger partial charge in [-0.15, -0.1) is 0 Å². The molecule has 0 N–H and O–H groups in total. The topological polar surface area (TPSA) is 0 Å². The van der Waals surface area contributed by atoms with Crippen LogP contribution in [0.1, 0.15) is 27.9 Å². The predicted molar refractivity (Wildman–Crippen MR) is 82.6 cm³/mol.